The van der Waals surface area contributed by atoms with Crippen LogP contribution in [0.4, 0.5) is 23.7 Å². The Kier molecular flexibility index (Phi) is 8.67. The maximum Gasteiger partial charge on any atom is 0.573 e. The molecule has 3 aromatic carbocycles. The highest BCUT2D eigenvalue weighted by Crippen LogP contribution is 2.35. The van der Waals surface area contributed by atoms with Crippen molar-refractivity contribution in [3.8, 4) is 22.8 Å². The van der Waals surface area contributed by atoms with Crippen LogP contribution in [0.5, 0.6) is 5.75 Å². The molecule has 9 nitrogen and oxygen atoms in total. The van der Waals surface area contributed by atoms with Crippen LogP contribution in [0.2, 0.25) is 0 Å². The van der Waals surface area contributed by atoms with E-state index in [0.717, 1.165) is 46.5 Å². The number of para-hydroxylation sites is 1. The lowest BCUT2D eigenvalue weighted by molar-refractivity contribution is -0.274. The molecule has 1 N–H and O–H groups in total. The molecule has 0 radical (unpaired) electrons. The van der Waals surface area contributed by atoms with E-state index in [1.54, 1.807) is 0 Å². The van der Waals surface area contributed by atoms with E-state index in [9.17, 15) is 22.8 Å². The standard InChI is InChI=1S/C33H29F3N6O3S/c1-20(2)25-6-3-4-9-28(25)42-29(43)18-46-32(42)39-31(44)38-27-8-5-7-26(27)21-10-12-22(13-11-21)30-37-19-41(40-30)23-14-16-24(17-15-23)45-33(34,35)36/h3-4,6,9-17,19-20H,5,7-8,18H2,1-2H3,(H,38,44)/b39-32-. The van der Waals surface area contributed by atoms with E-state index in [-0.39, 0.29) is 23.3 Å². The molecule has 3 amide bonds. The predicted molar refractivity (Wildman–Crippen MR) is 171 cm³/mol. The molecule has 46 heavy (non-hydrogen) atoms. The van der Waals surface area contributed by atoms with Gasteiger partial charge in [0.05, 0.1) is 17.1 Å². The van der Waals surface area contributed by atoms with Crippen LogP contribution < -0.4 is 15.0 Å². The second-order valence-corrected chi connectivity index (χ2v) is 11.9. The topological polar surface area (TPSA) is 102 Å². The number of ether oxygens (including phenoxy) is 1. The summed E-state index contributed by atoms with van der Waals surface area (Å²) < 4.78 is 42.8. The van der Waals surface area contributed by atoms with E-state index in [0.29, 0.717) is 23.1 Å². The Balaban J connectivity index is 1.16. The van der Waals surface area contributed by atoms with Crippen molar-refractivity contribution in [2.45, 2.75) is 45.4 Å². The third-order valence-corrected chi connectivity index (χ3v) is 8.48. The molecule has 0 unspecified atom stereocenters. The van der Waals surface area contributed by atoms with Crippen molar-refractivity contribution < 1.29 is 27.5 Å². The number of benzene rings is 3. The van der Waals surface area contributed by atoms with E-state index in [4.69, 9.17) is 0 Å². The Morgan fingerprint density at radius 3 is 2.43 bits per heavy atom. The number of allylic oxidation sites excluding steroid dienone is 2. The molecule has 1 aromatic heterocycles. The fourth-order valence-corrected chi connectivity index (χ4v) is 6.30. The van der Waals surface area contributed by atoms with Gasteiger partial charge in [-0.1, -0.05) is 68.1 Å². The molecule has 0 saturated carbocycles. The van der Waals surface area contributed by atoms with Crippen molar-refractivity contribution in [2.75, 3.05) is 10.7 Å². The Bertz CT molecular complexity index is 1830. The van der Waals surface area contributed by atoms with E-state index in [1.165, 1.54) is 51.9 Å². The number of halogens is 3. The number of aromatic nitrogens is 3. The second kappa shape index (κ2) is 12.8. The number of amides is 3. The third kappa shape index (κ3) is 6.84. The first-order chi connectivity index (χ1) is 22.1. The molecule has 0 spiro atoms. The summed E-state index contributed by atoms with van der Waals surface area (Å²) in [7, 11) is 0. The van der Waals surface area contributed by atoms with Gasteiger partial charge in [0.2, 0.25) is 5.91 Å². The summed E-state index contributed by atoms with van der Waals surface area (Å²) in [6.45, 7) is 4.12. The summed E-state index contributed by atoms with van der Waals surface area (Å²) in [4.78, 5) is 36.1. The number of aliphatic imine (C=N–C) groups is 1. The molecule has 4 aromatic rings. The van der Waals surface area contributed by atoms with Crippen molar-refractivity contribution in [3.05, 3.63) is 95.9 Å². The third-order valence-electron chi connectivity index (χ3n) is 7.56. The molecule has 13 heteroatoms. The number of hydrogen-bond acceptors (Lipinski definition) is 6. The van der Waals surface area contributed by atoms with Crippen molar-refractivity contribution >= 4 is 40.1 Å². The molecule has 0 bridgehead atoms. The van der Waals surface area contributed by atoms with Gasteiger partial charge in [-0.25, -0.2) is 14.5 Å². The zero-order valence-corrected chi connectivity index (χ0v) is 25.7. The molecule has 2 heterocycles. The van der Waals surface area contributed by atoms with Crippen LogP contribution in [-0.2, 0) is 4.79 Å². The minimum atomic E-state index is -4.76. The summed E-state index contributed by atoms with van der Waals surface area (Å²) in [5.41, 5.74) is 5.78. The first kappa shape index (κ1) is 31.1. The lowest BCUT2D eigenvalue weighted by Gasteiger charge is -2.21. The van der Waals surface area contributed by atoms with E-state index in [2.05, 4.69) is 39.0 Å². The van der Waals surface area contributed by atoms with Gasteiger partial charge in [-0.05, 0) is 72.2 Å². The van der Waals surface area contributed by atoms with Crippen LogP contribution in [0.3, 0.4) is 0 Å². The van der Waals surface area contributed by atoms with Gasteiger partial charge in [-0.15, -0.1) is 18.3 Å². The van der Waals surface area contributed by atoms with Gasteiger partial charge < -0.3 is 10.1 Å². The molecule has 0 atom stereocenters. The Hall–Kier alpha value is -4.91. The number of rotatable bonds is 7. The normalized spacial score (nSPS) is 16.2. The number of nitrogens with one attached hydrogen (secondary N) is 1. The van der Waals surface area contributed by atoms with Gasteiger partial charge in [-0.3, -0.25) is 9.69 Å². The van der Waals surface area contributed by atoms with Crippen LogP contribution in [0, 0.1) is 0 Å². The van der Waals surface area contributed by atoms with Gasteiger partial charge in [0, 0.05) is 11.3 Å². The Morgan fingerprint density at radius 2 is 1.72 bits per heavy atom. The molecule has 1 aliphatic heterocycles. The van der Waals surface area contributed by atoms with E-state index >= 15 is 0 Å². The number of thioether (sulfide) groups is 1. The van der Waals surface area contributed by atoms with Gasteiger partial charge >= 0.3 is 12.4 Å². The quantitative estimate of drug-likeness (QED) is 0.221. The molecule has 1 aliphatic carbocycles. The van der Waals surface area contributed by atoms with Crippen LogP contribution in [0.1, 0.15) is 50.2 Å². The van der Waals surface area contributed by atoms with Gasteiger partial charge in [0.15, 0.2) is 11.0 Å². The van der Waals surface area contributed by atoms with Gasteiger partial charge in [0.25, 0.3) is 0 Å². The smallest absolute Gasteiger partial charge is 0.406 e. The predicted octanol–water partition coefficient (Wildman–Crippen LogP) is 7.70. The summed E-state index contributed by atoms with van der Waals surface area (Å²) in [5.74, 6) is 0.418. The molecule has 2 aliphatic rings. The highest BCUT2D eigenvalue weighted by Gasteiger charge is 2.33. The average molecular weight is 647 g/mol. The first-order valence-electron chi connectivity index (χ1n) is 14.6. The number of carbonyl (C=O) groups is 2. The summed E-state index contributed by atoms with van der Waals surface area (Å²) in [6.07, 6.45) is -0.923. The molecule has 236 valence electrons. The van der Waals surface area contributed by atoms with Gasteiger partial charge in [0.1, 0.15) is 12.1 Å². The number of anilines is 1. The average Bonchev–Trinajstić information content (AvgIpc) is 3.78. The summed E-state index contributed by atoms with van der Waals surface area (Å²) in [6, 6.07) is 20.1. The fourth-order valence-electron chi connectivity index (χ4n) is 5.45. The summed E-state index contributed by atoms with van der Waals surface area (Å²) >= 11 is 1.25. The number of hydrogen-bond donors (Lipinski definition) is 1. The molecule has 1 fully saturated rings. The number of urea groups is 1. The fraction of sp³-hybridized carbons (Fsp3) is 0.242. The van der Waals surface area contributed by atoms with Crippen molar-refractivity contribution in [1.29, 1.82) is 0 Å². The monoisotopic (exact) mass is 646 g/mol. The SMILES string of the molecule is CC(C)c1ccccc1N1C(=O)CS/C1=N\C(=O)NC1=C(c2ccc(-c3ncn(-c4ccc(OC(F)(F)F)cc4)n3)cc2)CCC1. The highest BCUT2D eigenvalue weighted by atomic mass is 32.2. The molecular weight excluding hydrogens is 617 g/mol. The maximum absolute atomic E-state index is 13.1. The lowest BCUT2D eigenvalue weighted by atomic mass is 10.0. The van der Waals surface area contributed by atoms with Crippen LogP contribution in [0.15, 0.2) is 89.8 Å². The Labute approximate surface area is 267 Å². The number of amidine groups is 1. The number of nitrogens with zero attached hydrogens (tertiary/aromatic N) is 5. The van der Waals surface area contributed by atoms with Crippen molar-refractivity contribution in [1.82, 2.24) is 20.1 Å². The van der Waals surface area contributed by atoms with Crippen LogP contribution in [0.25, 0.3) is 22.6 Å². The molecule has 6 rings (SSSR count). The lowest BCUT2D eigenvalue weighted by Crippen LogP contribution is -2.32. The minimum absolute atomic E-state index is 0.113. The zero-order chi connectivity index (χ0) is 32.4. The van der Waals surface area contributed by atoms with Crippen molar-refractivity contribution in [2.24, 2.45) is 4.99 Å². The highest BCUT2D eigenvalue weighted by molar-refractivity contribution is 8.15. The minimum Gasteiger partial charge on any atom is -0.406 e. The van der Waals surface area contributed by atoms with Crippen molar-refractivity contribution in [3.63, 3.8) is 0 Å². The largest absolute Gasteiger partial charge is 0.573 e. The number of carbonyl (C=O) groups excluding carboxylic acids is 2. The van der Waals surface area contributed by atoms with Crippen LogP contribution >= 0.6 is 11.8 Å². The zero-order valence-electron chi connectivity index (χ0n) is 24.9. The van der Waals surface area contributed by atoms with E-state index < -0.39 is 12.4 Å². The Morgan fingerprint density at radius 1 is 1.00 bits per heavy atom. The van der Waals surface area contributed by atoms with Crippen LogP contribution in [-0.4, -0.2) is 44.0 Å². The second-order valence-electron chi connectivity index (χ2n) is 11.0. The molecular formula is C33H29F3N6O3S. The molecule has 1 saturated heterocycles. The number of alkyl halides is 3. The van der Waals surface area contributed by atoms with E-state index in [1.807, 2.05) is 48.5 Å². The van der Waals surface area contributed by atoms with Gasteiger partial charge in [-0.2, -0.15) is 4.99 Å². The maximum atomic E-state index is 13.1. The first-order valence-corrected chi connectivity index (χ1v) is 15.6. The summed E-state index contributed by atoms with van der Waals surface area (Å²) in [5, 5.41) is 7.79.